The number of rotatable bonds is 6. The lowest BCUT2D eigenvalue weighted by Gasteiger charge is -2.36. The first kappa shape index (κ1) is 22.0. The minimum atomic E-state index is 0.0628. The molecule has 0 atom stereocenters. The monoisotopic (exact) mass is 433 g/mol. The maximum Gasteiger partial charge on any atom is 0.246 e. The molecule has 1 fully saturated rings. The molecule has 2 N–H and O–H groups in total. The summed E-state index contributed by atoms with van der Waals surface area (Å²) in [6.45, 7) is 7.89. The van der Waals surface area contributed by atoms with Crippen molar-refractivity contribution >= 4 is 23.5 Å². The summed E-state index contributed by atoms with van der Waals surface area (Å²) >= 11 is 6.02. The molecule has 162 valence electrons. The van der Waals surface area contributed by atoms with Gasteiger partial charge in [0.05, 0.1) is 13.1 Å². The molecule has 1 aromatic heterocycles. The standard InChI is InChI=1S/C20H28ClN7O2/c1-14(2)24-17(29)13-27-7-9-28(10-8-27)20(22-3)23-12-18-25-19(26-30-18)15-5-4-6-16(21)11-15/h4-6,11,14H,7-10,12-13H2,1-3H3,(H,22,23)(H,24,29). The minimum absolute atomic E-state index is 0.0628. The minimum Gasteiger partial charge on any atom is -0.353 e. The Morgan fingerprint density at radius 3 is 2.73 bits per heavy atom. The average molecular weight is 434 g/mol. The molecule has 2 heterocycles. The number of nitrogens with zero attached hydrogens (tertiary/aromatic N) is 5. The lowest BCUT2D eigenvalue weighted by Crippen LogP contribution is -2.54. The Hall–Kier alpha value is -2.65. The van der Waals surface area contributed by atoms with E-state index in [1.807, 2.05) is 26.0 Å². The Morgan fingerprint density at radius 2 is 2.07 bits per heavy atom. The molecule has 1 saturated heterocycles. The Kier molecular flexibility index (Phi) is 7.64. The average Bonchev–Trinajstić information content (AvgIpc) is 3.18. The number of carbonyl (C=O) groups excluding carboxylic acids is 1. The predicted molar refractivity (Wildman–Crippen MR) is 116 cm³/mol. The van der Waals surface area contributed by atoms with Crippen LogP contribution in [0.1, 0.15) is 19.7 Å². The molecule has 30 heavy (non-hydrogen) atoms. The smallest absolute Gasteiger partial charge is 0.246 e. The van der Waals surface area contributed by atoms with Gasteiger partial charge in [-0.2, -0.15) is 4.98 Å². The van der Waals surface area contributed by atoms with Crippen LogP contribution >= 0.6 is 11.6 Å². The van der Waals surface area contributed by atoms with Gasteiger partial charge in [-0.25, -0.2) is 0 Å². The summed E-state index contributed by atoms with van der Waals surface area (Å²) in [6.07, 6.45) is 0. The normalized spacial score (nSPS) is 15.5. The quantitative estimate of drug-likeness (QED) is 0.527. The second-order valence-corrected chi connectivity index (χ2v) is 7.84. The molecular weight excluding hydrogens is 406 g/mol. The van der Waals surface area contributed by atoms with E-state index in [1.54, 1.807) is 19.2 Å². The van der Waals surface area contributed by atoms with Crippen LogP contribution in [-0.4, -0.2) is 77.6 Å². The predicted octanol–water partition coefficient (Wildman–Crippen LogP) is 1.61. The van der Waals surface area contributed by atoms with E-state index in [0.717, 1.165) is 37.7 Å². The summed E-state index contributed by atoms with van der Waals surface area (Å²) in [5.74, 6) is 1.80. The van der Waals surface area contributed by atoms with Crippen LogP contribution in [0.15, 0.2) is 33.8 Å². The number of aliphatic imine (C=N–C) groups is 1. The van der Waals surface area contributed by atoms with Gasteiger partial charge in [0.15, 0.2) is 5.96 Å². The second-order valence-electron chi connectivity index (χ2n) is 7.41. The van der Waals surface area contributed by atoms with Crippen molar-refractivity contribution in [2.75, 3.05) is 39.8 Å². The molecule has 3 rings (SSSR count). The molecule has 1 aliphatic heterocycles. The van der Waals surface area contributed by atoms with Crippen LogP contribution in [0.5, 0.6) is 0 Å². The van der Waals surface area contributed by atoms with E-state index >= 15 is 0 Å². The summed E-state index contributed by atoms with van der Waals surface area (Å²) in [7, 11) is 1.75. The van der Waals surface area contributed by atoms with E-state index in [2.05, 4.69) is 35.6 Å². The zero-order chi connectivity index (χ0) is 21.5. The maximum absolute atomic E-state index is 11.9. The van der Waals surface area contributed by atoms with E-state index in [4.69, 9.17) is 16.1 Å². The number of benzene rings is 1. The van der Waals surface area contributed by atoms with Gasteiger partial charge in [0.2, 0.25) is 17.6 Å². The molecule has 2 aromatic rings. The highest BCUT2D eigenvalue weighted by atomic mass is 35.5. The summed E-state index contributed by atoms with van der Waals surface area (Å²) < 4.78 is 5.34. The Morgan fingerprint density at radius 1 is 1.30 bits per heavy atom. The van der Waals surface area contributed by atoms with Crippen LogP contribution in [-0.2, 0) is 11.3 Å². The fourth-order valence-electron chi connectivity index (χ4n) is 3.25. The van der Waals surface area contributed by atoms with Crippen LogP contribution < -0.4 is 10.6 Å². The van der Waals surface area contributed by atoms with E-state index in [-0.39, 0.29) is 11.9 Å². The molecule has 9 nitrogen and oxygen atoms in total. The highest BCUT2D eigenvalue weighted by Gasteiger charge is 2.21. The topological polar surface area (TPSA) is 98.9 Å². The third-order valence-corrected chi connectivity index (χ3v) is 4.88. The number of aromatic nitrogens is 2. The third kappa shape index (κ3) is 6.17. The molecule has 0 radical (unpaired) electrons. The number of nitrogens with one attached hydrogen (secondary N) is 2. The first-order valence-electron chi connectivity index (χ1n) is 10.0. The maximum atomic E-state index is 11.9. The zero-order valence-corrected chi connectivity index (χ0v) is 18.3. The van der Waals surface area contributed by atoms with Crippen molar-refractivity contribution in [1.82, 2.24) is 30.6 Å². The van der Waals surface area contributed by atoms with Crippen molar-refractivity contribution < 1.29 is 9.32 Å². The molecule has 0 unspecified atom stereocenters. The zero-order valence-electron chi connectivity index (χ0n) is 17.6. The van der Waals surface area contributed by atoms with Gasteiger partial charge in [-0.1, -0.05) is 28.9 Å². The van der Waals surface area contributed by atoms with E-state index < -0.39 is 0 Å². The lowest BCUT2D eigenvalue weighted by molar-refractivity contribution is -0.123. The molecule has 0 saturated carbocycles. The van der Waals surface area contributed by atoms with Crippen LogP contribution in [0.4, 0.5) is 0 Å². The van der Waals surface area contributed by atoms with E-state index in [9.17, 15) is 4.79 Å². The summed E-state index contributed by atoms with van der Waals surface area (Å²) in [5.41, 5.74) is 0.805. The van der Waals surface area contributed by atoms with Gasteiger partial charge < -0.3 is 20.1 Å². The van der Waals surface area contributed by atoms with Gasteiger partial charge in [-0.15, -0.1) is 0 Å². The number of amides is 1. The molecule has 0 aliphatic carbocycles. The summed E-state index contributed by atoms with van der Waals surface area (Å²) in [4.78, 5) is 25.0. The second kappa shape index (κ2) is 10.4. The van der Waals surface area contributed by atoms with Crippen LogP contribution in [0.3, 0.4) is 0 Å². The third-order valence-electron chi connectivity index (χ3n) is 4.65. The number of hydrogen-bond acceptors (Lipinski definition) is 6. The number of carbonyl (C=O) groups is 1. The fourth-order valence-corrected chi connectivity index (χ4v) is 3.44. The fraction of sp³-hybridized carbons (Fsp3) is 0.500. The van der Waals surface area contributed by atoms with Crippen LogP contribution in [0.25, 0.3) is 11.4 Å². The Labute approximate surface area is 181 Å². The highest BCUT2D eigenvalue weighted by molar-refractivity contribution is 6.30. The highest BCUT2D eigenvalue weighted by Crippen LogP contribution is 2.19. The Bertz CT molecular complexity index is 876. The van der Waals surface area contributed by atoms with E-state index in [0.29, 0.717) is 29.8 Å². The van der Waals surface area contributed by atoms with Gasteiger partial charge in [0.25, 0.3) is 0 Å². The molecule has 0 bridgehead atoms. The van der Waals surface area contributed by atoms with Gasteiger partial charge in [0.1, 0.15) is 0 Å². The van der Waals surface area contributed by atoms with E-state index in [1.165, 1.54) is 0 Å². The van der Waals surface area contributed by atoms with Crippen molar-refractivity contribution in [2.45, 2.75) is 26.4 Å². The van der Waals surface area contributed by atoms with Gasteiger partial charge in [-0.05, 0) is 26.0 Å². The molecule has 1 amide bonds. The number of hydrogen-bond donors (Lipinski definition) is 2. The summed E-state index contributed by atoms with van der Waals surface area (Å²) in [5, 5.41) is 10.8. The number of piperazine rings is 1. The Balaban J connectivity index is 1.48. The van der Waals surface area contributed by atoms with Gasteiger partial charge in [0, 0.05) is 49.9 Å². The number of guanidine groups is 1. The molecular formula is C20H28ClN7O2. The van der Waals surface area contributed by atoms with Crippen molar-refractivity contribution in [3.05, 3.63) is 35.2 Å². The first-order chi connectivity index (χ1) is 14.4. The van der Waals surface area contributed by atoms with Crippen LogP contribution in [0.2, 0.25) is 5.02 Å². The van der Waals surface area contributed by atoms with Gasteiger partial charge in [-0.3, -0.25) is 14.7 Å². The summed E-state index contributed by atoms with van der Waals surface area (Å²) in [6, 6.07) is 7.48. The van der Waals surface area contributed by atoms with Crippen LogP contribution in [0, 0.1) is 0 Å². The van der Waals surface area contributed by atoms with Crippen molar-refractivity contribution in [1.29, 1.82) is 0 Å². The number of halogens is 1. The lowest BCUT2D eigenvalue weighted by atomic mass is 10.2. The molecule has 1 aromatic carbocycles. The first-order valence-corrected chi connectivity index (χ1v) is 10.4. The van der Waals surface area contributed by atoms with Crippen molar-refractivity contribution in [3.63, 3.8) is 0 Å². The molecule has 1 aliphatic rings. The molecule has 10 heteroatoms. The SMILES string of the molecule is CN=C(NCc1nc(-c2cccc(Cl)c2)no1)N1CCN(CC(=O)NC(C)C)CC1. The van der Waals surface area contributed by atoms with Crippen molar-refractivity contribution in [2.24, 2.45) is 4.99 Å². The van der Waals surface area contributed by atoms with Gasteiger partial charge >= 0.3 is 0 Å². The van der Waals surface area contributed by atoms with Crippen molar-refractivity contribution in [3.8, 4) is 11.4 Å². The molecule has 0 spiro atoms. The largest absolute Gasteiger partial charge is 0.353 e.